The minimum absolute atomic E-state index is 0.193. The highest BCUT2D eigenvalue weighted by molar-refractivity contribution is 5.66. The zero-order valence-electron chi connectivity index (χ0n) is 11.9. The summed E-state index contributed by atoms with van der Waals surface area (Å²) in [5.41, 5.74) is -0.296. The third-order valence-electron chi connectivity index (χ3n) is 4.38. The van der Waals surface area contributed by atoms with Crippen molar-refractivity contribution in [2.45, 2.75) is 70.5 Å². The molecule has 1 saturated heterocycles. The molecule has 0 unspecified atom stereocenters. The Balaban J connectivity index is 1.92. The van der Waals surface area contributed by atoms with Gasteiger partial charge >= 0.3 is 6.09 Å². The molecule has 0 aromatic carbocycles. The Hall–Kier alpha value is -0.770. The monoisotopic (exact) mass is 254 g/mol. The lowest BCUT2D eigenvalue weighted by Crippen LogP contribution is -2.56. The number of piperidine rings is 1. The van der Waals surface area contributed by atoms with Crippen molar-refractivity contribution < 1.29 is 9.90 Å². The molecule has 4 nitrogen and oxygen atoms in total. The van der Waals surface area contributed by atoms with Gasteiger partial charge in [0.1, 0.15) is 0 Å². The van der Waals surface area contributed by atoms with Crippen molar-refractivity contribution in [2.75, 3.05) is 13.1 Å². The zero-order valence-corrected chi connectivity index (χ0v) is 11.9. The van der Waals surface area contributed by atoms with Crippen LogP contribution in [0, 0.1) is 0 Å². The standard InChI is InChI=1S/C14H26N2O2/c1-14(2,3)16(13(17)18)12-7-9-15(10-8-12)11-5-4-6-11/h11-12H,4-10H2,1-3H3,(H,17,18). The van der Waals surface area contributed by atoms with Gasteiger partial charge in [0.05, 0.1) is 0 Å². The van der Waals surface area contributed by atoms with Gasteiger partial charge < -0.3 is 14.9 Å². The summed E-state index contributed by atoms with van der Waals surface area (Å²) in [7, 11) is 0. The Morgan fingerprint density at radius 3 is 2.06 bits per heavy atom. The molecule has 0 bridgehead atoms. The van der Waals surface area contributed by atoms with Gasteiger partial charge in [0.25, 0.3) is 0 Å². The van der Waals surface area contributed by atoms with Crippen molar-refractivity contribution in [1.82, 2.24) is 9.80 Å². The zero-order chi connectivity index (χ0) is 13.3. The van der Waals surface area contributed by atoms with Crippen LogP contribution in [0.15, 0.2) is 0 Å². The molecule has 1 amide bonds. The second-order valence-corrected chi connectivity index (χ2v) is 6.68. The molecular weight excluding hydrogens is 228 g/mol. The number of nitrogens with zero attached hydrogens (tertiary/aromatic N) is 2. The minimum atomic E-state index is -0.774. The first-order valence-corrected chi connectivity index (χ1v) is 7.16. The Kier molecular flexibility index (Phi) is 3.85. The maximum Gasteiger partial charge on any atom is 0.407 e. The number of likely N-dealkylation sites (tertiary alicyclic amines) is 1. The van der Waals surface area contributed by atoms with E-state index in [1.54, 1.807) is 4.90 Å². The maximum atomic E-state index is 11.4. The number of carbonyl (C=O) groups is 1. The number of rotatable bonds is 2. The average Bonchev–Trinajstić information content (AvgIpc) is 2.15. The first-order valence-electron chi connectivity index (χ1n) is 7.16. The quantitative estimate of drug-likeness (QED) is 0.824. The van der Waals surface area contributed by atoms with Crippen LogP contribution in [0.5, 0.6) is 0 Å². The van der Waals surface area contributed by atoms with Crippen molar-refractivity contribution in [3.8, 4) is 0 Å². The van der Waals surface area contributed by atoms with Crippen LogP contribution in [0.3, 0.4) is 0 Å². The highest BCUT2D eigenvalue weighted by Gasteiger charge is 2.36. The summed E-state index contributed by atoms with van der Waals surface area (Å²) >= 11 is 0. The summed E-state index contributed by atoms with van der Waals surface area (Å²) < 4.78 is 0. The molecule has 2 fully saturated rings. The normalized spacial score (nSPS) is 23.7. The summed E-state index contributed by atoms with van der Waals surface area (Å²) in [6.45, 7) is 8.09. The van der Waals surface area contributed by atoms with Gasteiger partial charge in [0, 0.05) is 30.7 Å². The van der Waals surface area contributed by atoms with Crippen molar-refractivity contribution in [2.24, 2.45) is 0 Å². The van der Waals surface area contributed by atoms with Crippen LogP contribution in [0.1, 0.15) is 52.9 Å². The van der Waals surface area contributed by atoms with Crippen molar-refractivity contribution >= 4 is 6.09 Å². The highest BCUT2D eigenvalue weighted by Crippen LogP contribution is 2.30. The third-order valence-corrected chi connectivity index (χ3v) is 4.38. The van der Waals surface area contributed by atoms with Crippen molar-refractivity contribution in [3.05, 3.63) is 0 Å². The first-order chi connectivity index (χ1) is 8.39. The van der Waals surface area contributed by atoms with Gasteiger partial charge in [-0.25, -0.2) is 4.79 Å². The molecule has 0 spiro atoms. The van der Waals surface area contributed by atoms with Gasteiger partial charge in [-0.2, -0.15) is 0 Å². The maximum absolute atomic E-state index is 11.4. The number of carboxylic acid groups (broad SMARTS) is 1. The third kappa shape index (κ3) is 2.79. The van der Waals surface area contributed by atoms with Gasteiger partial charge in [0.2, 0.25) is 0 Å². The predicted molar refractivity (Wildman–Crippen MR) is 71.9 cm³/mol. The molecule has 1 heterocycles. The van der Waals surface area contributed by atoms with E-state index in [0.29, 0.717) is 0 Å². The fourth-order valence-corrected chi connectivity index (χ4v) is 3.25. The fourth-order valence-electron chi connectivity index (χ4n) is 3.25. The van der Waals surface area contributed by atoms with Crippen molar-refractivity contribution in [1.29, 1.82) is 0 Å². The molecule has 104 valence electrons. The van der Waals surface area contributed by atoms with E-state index >= 15 is 0 Å². The molecule has 0 atom stereocenters. The summed E-state index contributed by atoms with van der Waals surface area (Å²) in [4.78, 5) is 15.7. The van der Waals surface area contributed by atoms with E-state index in [0.717, 1.165) is 32.0 Å². The van der Waals surface area contributed by atoms with E-state index in [-0.39, 0.29) is 11.6 Å². The van der Waals surface area contributed by atoms with Crippen LogP contribution in [0.2, 0.25) is 0 Å². The van der Waals surface area contributed by atoms with Crippen LogP contribution in [-0.4, -0.2) is 51.7 Å². The molecule has 1 aliphatic carbocycles. The van der Waals surface area contributed by atoms with E-state index in [9.17, 15) is 9.90 Å². The van der Waals surface area contributed by atoms with Gasteiger partial charge in [-0.3, -0.25) is 0 Å². The molecule has 1 aliphatic heterocycles. The summed E-state index contributed by atoms with van der Waals surface area (Å²) in [5, 5.41) is 9.41. The summed E-state index contributed by atoms with van der Waals surface area (Å²) in [6, 6.07) is 0.984. The molecule has 4 heteroatoms. The fraction of sp³-hybridized carbons (Fsp3) is 0.929. The highest BCUT2D eigenvalue weighted by atomic mass is 16.4. The van der Waals surface area contributed by atoms with Gasteiger partial charge in [-0.05, 0) is 46.5 Å². The molecule has 2 aliphatic rings. The Morgan fingerprint density at radius 2 is 1.72 bits per heavy atom. The largest absolute Gasteiger partial charge is 0.465 e. The van der Waals surface area contributed by atoms with Gasteiger partial charge in [-0.1, -0.05) is 6.42 Å². The van der Waals surface area contributed by atoms with E-state index < -0.39 is 6.09 Å². The lowest BCUT2D eigenvalue weighted by Gasteiger charge is -2.46. The summed E-state index contributed by atoms with van der Waals surface area (Å²) in [5.74, 6) is 0. The minimum Gasteiger partial charge on any atom is -0.465 e. The van der Waals surface area contributed by atoms with Crippen LogP contribution >= 0.6 is 0 Å². The van der Waals surface area contributed by atoms with E-state index in [1.807, 2.05) is 20.8 Å². The molecule has 0 aromatic rings. The molecule has 0 radical (unpaired) electrons. The number of hydrogen-bond acceptors (Lipinski definition) is 2. The van der Waals surface area contributed by atoms with Crippen LogP contribution in [0.4, 0.5) is 4.79 Å². The Labute approximate surface area is 110 Å². The Morgan fingerprint density at radius 1 is 1.17 bits per heavy atom. The summed E-state index contributed by atoms with van der Waals surface area (Å²) in [6.07, 6.45) is 5.25. The second-order valence-electron chi connectivity index (χ2n) is 6.68. The molecular formula is C14H26N2O2. The average molecular weight is 254 g/mol. The van der Waals surface area contributed by atoms with Crippen molar-refractivity contribution in [3.63, 3.8) is 0 Å². The predicted octanol–water partition coefficient (Wildman–Crippen LogP) is 2.78. The SMILES string of the molecule is CC(C)(C)N(C(=O)O)C1CCN(C2CCC2)CC1. The van der Waals surface area contributed by atoms with Gasteiger partial charge in [0.15, 0.2) is 0 Å². The molecule has 1 saturated carbocycles. The smallest absolute Gasteiger partial charge is 0.407 e. The first kappa shape index (κ1) is 13.7. The molecule has 18 heavy (non-hydrogen) atoms. The molecule has 1 N–H and O–H groups in total. The van der Waals surface area contributed by atoms with E-state index in [4.69, 9.17) is 0 Å². The lowest BCUT2D eigenvalue weighted by molar-refractivity contribution is 0.0228. The Bertz CT molecular complexity index is 299. The number of amides is 1. The van der Waals surface area contributed by atoms with Crippen LogP contribution < -0.4 is 0 Å². The van der Waals surface area contributed by atoms with E-state index in [2.05, 4.69) is 4.90 Å². The lowest BCUT2D eigenvalue weighted by atomic mass is 9.88. The van der Waals surface area contributed by atoms with Crippen LogP contribution in [0.25, 0.3) is 0 Å². The van der Waals surface area contributed by atoms with Crippen LogP contribution in [-0.2, 0) is 0 Å². The van der Waals surface area contributed by atoms with E-state index in [1.165, 1.54) is 19.3 Å². The number of hydrogen-bond donors (Lipinski definition) is 1. The molecule has 0 aromatic heterocycles. The second kappa shape index (κ2) is 5.08. The van der Waals surface area contributed by atoms with Gasteiger partial charge in [-0.15, -0.1) is 0 Å². The molecule has 2 rings (SSSR count). The topological polar surface area (TPSA) is 43.8 Å².